The van der Waals surface area contributed by atoms with Gasteiger partial charge in [-0.1, -0.05) is 19.1 Å². The fourth-order valence-corrected chi connectivity index (χ4v) is 1.90. The lowest BCUT2D eigenvalue weighted by atomic mass is 10.4. The van der Waals surface area contributed by atoms with Gasteiger partial charge in [0, 0.05) is 32.7 Å². The van der Waals surface area contributed by atoms with E-state index in [1.54, 1.807) is 0 Å². The monoisotopic (exact) mass is 219 g/mol. The molecule has 1 N–H and O–H groups in total. The molecule has 0 spiro atoms. The number of rotatable bonds is 3. The zero-order chi connectivity index (χ0) is 9.68. The van der Waals surface area contributed by atoms with Gasteiger partial charge in [0.2, 0.25) is 0 Å². The third-order valence-corrected chi connectivity index (χ3v) is 2.53. The number of hydrogen-bond donors (Lipinski definition) is 2. The van der Waals surface area contributed by atoms with Crippen LogP contribution in [0.4, 0.5) is 0 Å². The van der Waals surface area contributed by atoms with Crippen molar-refractivity contribution in [3.8, 4) is 0 Å². The Morgan fingerprint density at radius 3 is 2.62 bits per heavy atom. The number of thiocarbonyl (C=S) groups is 1. The highest BCUT2D eigenvalue weighted by Crippen LogP contribution is 2.05. The highest BCUT2D eigenvalue weighted by Gasteiger charge is 2.17. The van der Waals surface area contributed by atoms with E-state index in [1.807, 2.05) is 0 Å². The summed E-state index contributed by atoms with van der Waals surface area (Å²) >= 11 is 9.32. The lowest BCUT2D eigenvalue weighted by Crippen LogP contribution is -2.53. The van der Waals surface area contributed by atoms with Crippen molar-refractivity contribution < 1.29 is 0 Å². The quantitative estimate of drug-likeness (QED) is 0.538. The van der Waals surface area contributed by atoms with Gasteiger partial charge in [0.15, 0.2) is 0 Å². The molecular weight excluding hydrogens is 202 g/mol. The van der Waals surface area contributed by atoms with E-state index in [2.05, 4.69) is 34.9 Å². The summed E-state index contributed by atoms with van der Waals surface area (Å²) in [5.74, 6) is 0. The van der Waals surface area contributed by atoms with E-state index in [-0.39, 0.29) is 0 Å². The minimum atomic E-state index is 0.684. The fourth-order valence-electron chi connectivity index (χ4n) is 1.46. The summed E-state index contributed by atoms with van der Waals surface area (Å²) in [5, 5.41) is 7.68. The third-order valence-electron chi connectivity index (χ3n) is 2.09. The number of nitrogens with zero attached hydrogens (tertiary/aromatic N) is 2. The second-order valence-corrected chi connectivity index (χ2v) is 4.22. The van der Waals surface area contributed by atoms with Crippen molar-refractivity contribution in [1.29, 1.82) is 0 Å². The highest BCUT2D eigenvalue weighted by molar-refractivity contribution is 8.10. The first-order valence-electron chi connectivity index (χ1n) is 4.71. The van der Waals surface area contributed by atoms with Crippen LogP contribution in [0.25, 0.3) is 0 Å². The van der Waals surface area contributed by atoms with Crippen LogP contribution < -0.4 is 5.32 Å². The lowest BCUT2D eigenvalue weighted by Gasteiger charge is -2.37. The Hall–Kier alpha value is 0.160. The molecular formula is C8H17N3S2. The van der Waals surface area contributed by atoms with Crippen LogP contribution in [0.1, 0.15) is 13.3 Å². The average Bonchev–Trinajstić information content (AvgIpc) is 2.15. The van der Waals surface area contributed by atoms with Gasteiger partial charge in [-0.25, -0.2) is 5.01 Å². The minimum Gasteiger partial charge on any atom is -0.314 e. The average molecular weight is 219 g/mol. The van der Waals surface area contributed by atoms with E-state index in [0.29, 0.717) is 4.32 Å². The Balaban J connectivity index is 2.46. The summed E-state index contributed by atoms with van der Waals surface area (Å²) in [6.07, 6.45) is 1.10. The molecule has 13 heavy (non-hydrogen) atoms. The smallest absolute Gasteiger partial charge is 0.147 e. The maximum Gasteiger partial charge on any atom is 0.147 e. The normalized spacial score (nSPS) is 18.6. The van der Waals surface area contributed by atoms with Crippen molar-refractivity contribution >= 4 is 29.2 Å². The Morgan fingerprint density at radius 1 is 1.54 bits per heavy atom. The number of hydrogen-bond acceptors (Lipinski definition) is 3. The number of piperazine rings is 1. The van der Waals surface area contributed by atoms with Crippen molar-refractivity contribution in [2.75, 3.05) is 32.7 Å². The molecule has 76 valence electrons. The van der Waals surface area contributed by atoms with E-state index in [9.17, 15) is 0 Å². The van der Waals surface area contributed by atoms with Gasteiger partial charge in [-0.2, -0.15) is 0 Å². The summed E-state index contributed by atoms with van der Waals surface area (Å²) in [7, 11) is 0. The Kier molecular flexibility index (Phi) is 5.01. The van der Waals surface area contributed by atoms with Crippen LogP contribution in [-0.4, -0.2) is 47.1 Å². The first-order valence-corrected chi connectivity index (χ1v) is 5.57. The second-order valence-electron chi connectivity index (χ2n) is 3.11. The summed E-state index contributed by atoms with van der Waals surface area (Å²) in [6.45, 7) is 7.26. The molecule has 0 radical (unpaired) electrons. The van der Waals surface area contributed by atoms with Gasteiger partial charge >= 0.3 is 0 Å². The minimum absolute atomic E-state index is 0.684. The topological polar surface area (TPSA) is 18.5 Å². The number of thiol groups is 1. The zero-order valence-corrected chi connectivity index (χ0v) is 9.70. The Labute approximate surface area is 90.8 Å². The van der Waals surface area contributed by atoms with Gasteiger partial charge < -0.3 is 5.32 Å². The lowest BCUT2D eigenvalue weighted by molar-refractivity contribution is 0.0379. The SMILES string of the molecule is CCCN(C(=S)S)N1CCNCC1. The molecule has 0 saturated carbocycles. The highest BCUT2D eigenvalue weighted by atomic mass is 32.1. The van der Waals surface area contributed by atoms with Gasteiger partial charge in [-0.15, -0.1) is 12.6 Å². The molecule has 5 heteroatoms. The van der Waals surface area contributed by atoms with Gasteiger partial charge in [0.1, 0.15) is 4.32 Å². The standard InChI is InChI=1S/C8H17N3S2/c1-2-5-11(8(12)13)10-6-3-9-4-7-10/h9H,2-7H2,1H3,(H,12,13). The van der Waals surface area contributed by atoms with Crippen molar-refractivity contribution in [2.24, 2.45) is 0 Å². The molecule has 1 heterocycles. The van der Waals surface area contributed by atoms with Crippen LogP contribution in [-0.2, 0) is 0 Å². The Morgan fingerprint density at radius 2 is 2.15 bits per heavy atom. The predicted octanol–water partition coefficient (Wildman–Crippen LogP) is 0.733. The van der Waals surface area contributed by atoms with E-state index < -0.39 is 0 Å². The van der Waals surface area contributed by atoms with Gasteiger partial charge in [-0.05, 0) is 6.42 Å². The van der Waals surface area contributed by atoms with Crippen LogP contribution in [0.2, 0.25) is 0 Å². The molecule has 0 aromatic heterocycles. The molecule has 0 aliphatic carbocycles. The van der Waals surface area contributed by atoms with E-state index in [1.165, 1.54) is 0 Å². The summed E-state index contributed by atoms with van der Waals surface area (Å²) in [4.78, 5) is 0. The largest absolute Gasteiger partial charge is 0.314 e. The third kappa shape index (κ3) is 3.42. The van der Waals surface area contributed by atoms with E-state index in [4.69, 9.17) is 12.2 Å². The first kappa shape index (κ1) is 11.2. The molecule has 0 amide bonds. The molecule has 0 aromatic rings. The first-order chi connectivity index (χ1) is 6.25. The van der Waals surface area contributed by atoms with Crippen molar-refractivity contribution in [3.63, 3.8) is 0 Å². The van der Waals surface area contributed by atoms with Gasteiger partial charge in [0.05, 0.1) is 0 Å². The van der Waals surface area contributed by atoms with Crippen molar-refractivity contribution in [3.05, 3.63) is 0 Å². The second kappa shape index (κ2) is 5.80. The Bertz CT molecular complexity index is 169. The summed E-state index contributed by atoms with van der Waals surface area (Å²) in [5.41, 5.74) is 0. The molecule has 3 nitrogen and oxygen atoms in total. The van der Waals surface area contributed by atoms with Crippen molar-refractivity contribution in [2.45, 2.75) is 13.3 Å². The summed E-state index contributed by atoms with van der Waals surface area (Å²) in [6, 6.07) is 0. The van der Waals surface area contributed by atoms with Gasteiger partial charge in [-0.3, -0.25) is 5.01 Å². The molecule has 0 aromatic carbocycles. The number of hydrazine groups is 1. The van der Waals surface area contributed by atoms with Crippen LogP contribution in [0, 0.1) is 0 Å². The molecule has 1 rings (SSSR count). The van der Waals surface area contributed by atoms with Crippen molar-refractivity contribution in [1.82, 2.24) is 15.3 Å². The zero-order valence-electron chi connectivity index (χ0n) is 7.99. The molecule has 1 saturated heterocycles. The maximum atomic E-state index is 5.09. The molecule has 1 aliphatic rings. The van der Waals surface area contributed by atoms with Crippen LogP contribution in [0.3, 0.4) is 0 Å². The summed E-state index contributed by atoms with van der Waals surface area (Å²) < 4.78 is 0.684. The number of nitrogens with one attached hydrogen (secondary N) is 1. The van der Waals surface area contributed by atoms with Crippen LogP contribution >= 0.6 is 24.8 Å². The predicted molar refractivity (Wildman–Crippen MR) is 63.0 cm³/mol. The molecule has 1 aliphatic heterocycles. The fraction of sp³-hybridized carbons (Fsp3) is 0.875. The molecule has 0 unspecified atom stereocenters. The molecule has 0 atom stereocenters. The van der Waals surface area contributed by atoms with Crippen LogP contribution in [0.15, 0.2) is 0 Å². The maximum absolute atomic E-state index is 5.09. The van der Waals surface area contributed by atoms with Crippen LogP contribution in [0.5, 0.6) is 0 Å². The van der Waals surface area contributed by atoms with E-state index in [0.717, 1.165) is 39.1 Å². The van der Waals surface area contributed by atoms with E-state index >= 15 is 0 Å². The molecule has 0 bridgehead atoms. The molecule has 1 fully saturated rings. The van der Waals surface area contributed by atoms with Gasteiger partial charge in [0.25, 0.3) is 0 Å².